The SMILES string of the molecule is CN(C)C1C([N+](C)(C)c2cnc(C(N)=O)c(Nc3ccc4c(c3)CCOC4)n2)CCCC1(F)F. The fourth-order valence-corrected chi connectivity index (χ4v) is 5.20. The number of amides is 1. The van der Waals surface area contributed by atoms with Gasteiger partial charge in [-0.05, 0) is 50.2 Å². The number of hydrogen-bond acceptors (Lipinski definition) is 6. The van der Waals surface area contributed by atoms with E-state index in [9.17, 15) is 13.6 Å². The van der Waals surface area contributed by atoms with E-state index >= 15 is 0 Å². The van der Waals surface area contributed by atoms with E-state index in [0.29, 0.717) is 31.9 Å². The Hall–Kier alpha value is -2.69. The fourth-order valence-electron chi connectivity index (χ4n) is 5.20. The molecule has 2 heterocycles. The van der Waals surface area contributed by atoms with Crippen LogP contribution in [0.3, 0.4) is 0 Å². The number of quaternary nitrogens is 1. The Balaban J connectivity index is 1.70. The summed E-state index contributed by atoms with van der Waals surface area (Å²) in [6.45, 7) is 1.23. The highest BCUT2D eigenvalue weighted by Gasteiger charge is 2.55. The molecule has 0 bridgehead atoms. The van der Waals surface area contributed by atoms with Crippen molar-refractivity contribution in [2.24, 2.45) is 5.73 Å². The lowest BCUT2D eigenvalue weighted by atomic mass is 9.84. The van der Waals surface area contributed by atoms with E-state index in [2.05, 4.69) is 10.3 Å². The number of alkyl halides is 2. The smallest absolute Gasteiger partial charge is 0.271 e. The van der Waals surface area contributed by atoms with Gasteiger partial charge in [0.15, 0.2) is 11.5 Å². The third-order valence-corrected chi connectivity index (χ3v) is 7.02. The van der Waals surface area contributed by atoms with Crippen molar-refractivity contribution < 1.29 is 18.3 Å². The number of rotatable bonds is 6. The standard InChI is InChI=1S/C24H32F2N6O2/c1-31(2)21-18(6-5-10-24(21,25)26)32(3,4)19-13-28-20(22(27)33)23(30-19)29-17-8-7-16-14-34-11-9-15(16)12-17/h7-8,12-13,18,21H,5-6,9-11,14H2,1-4H3,(H2-,27,29,30,33)/p+1. The van der Waals surface area contributed by atoms with Gasteiger partial charge < -0.3 is 15.8 Å². The number of carbonyl (C=O) groups excluding carboxylic acids is 1. The first-order valence-electron chi connectivity index (χ1n) is 11.5. The van der Waals surface area contributed by atoms with Gasteiger partial charge in [0, 0.05) is 18.5 Å². The van der Waals surface area contributed by atoms with Crippen LogP contribution in [-0.4, -0.2) is 73.6 Å². The summed E-state index contributed by atoms with van der Waals surface area (Å²) in [5, 5.41) is 3.19. The summed E-state index contributed by atoms with van der Waals surface area (Å²) in [5.41, 5.74) is 8.60. The van der Waals surface area contributed by atoms with Crippen LogP contribution in [0.2, 0.25) is 0 Å². The van der Waals surface area contributed by atoms with Crippen molar-refractivity contribution in [2.45, 2.75) is 50.3 Å². The monoisotopic (exact) mass is 475 g/mol. The van der Waals surface area contributed by atoms with Crippen molar-refractivity contribution in [2.75, 3.05) is 40.1 Å². The molecule has 184 valence electrons. The zero-order chi connectivity index (χ0) is 24.7. The fraction of sp³-hybridized carbons (Fsp3) is 0.542. The largest absolute Gasteiger partial charge is 0.376 e. The molecule has 0 spiro atoms. The zero-order valence-corrected chi connectivity index (χ0v) is 20.1. The number of nitrogens with zero attached hydrogens (tertiary/aromatic N) is 4. The van der Waals surface area contributed by atoms with Crippen LogP contribution in [0.4, 0.5) is 26.1 Å². The highest BCUT2D eigenvalue weighted by atomic mass is 19.3. The Kier molecular flexibility index (Phi) is 6.58. The Morgan fingerprint density at radius 1 is 1.29 bits per heavy atom. The number of halogens is 2. The zero-order valence-electron chi connectivity index (χ0n) is 20.1. The molecule has 2 unspecified atom stereocenters. The topological polar surface area (TPSA) is 93.4 Å². The summed E-state index contributed by atoms with van der Waals surface area (Å²) in [7, 11) is 7.10. The molecule has 10 heteroatoms. The highest BCUT2D eigenvalue weighted by molar-refractivity contribution is 5.96. The highest BCUT2D eigenvalue weighted by Crippen LogP contribution is 2.41. The maximum atomic E-state index is 14.9. The number of fused-ring (bicyclic) bond motifs is 1. The molecule has 2 aromatic rings. The first-order chi connectivity index (χ1) is 16.0. The Morgan fingerprint density at radius 3 is 2.76 bits per heavy atom. The minimum atomic E-state index is -2.81. The molecule has 0 radical (unpaired) electrons. The molecule has 2 atom stereocenters. The van der Waals surface area contributed by atoms with Gasteiger partial charge in [0.1, 0.15) is 18.3 Å². The molecular formula is C24H33F2N6O2+. The molecule has 1 amide bonds. The number of anilines is 2. The third-order valence-electron chi connectivity index (χ3n) is 7.02. The Bertz CT molecular complexity index is 1080. The first-order valence-corrected chi connectivity index (χ1v) is 11.5. The van der Waals surface area contributed by atoms with Crippen molar-refractivity contribution >= 4 is 23.2 Å². The molecular weight excluding hydrogens is 442 g/mol. The van der Waals surface area contributed by atoms with Crippen molar-refractivity contribution in [1.29, 1.82) is 0 Å². The van der Waals surface area contributed by atoms with Gasteiger partial charge in [-0.1, -0.05) is 6.07 Å². The van der Waals surface area contributed by atoms with E-state index in [1.54, 1.807) is 19.0 Å². The molecule has 2 aliphatic rings. The Labute approximate surface area is 198 Å². The first kappa shape index (κ1) is 24.4. The molecule has 1 aliphatic carbocycles. The number of hydrogen-bond donors (Lipinski definition) is 2. The summed E-state index contributed by atoms with van der Waals surface area (Å²) in [4.78, 5) is 22.7. The lowest BCUT2D eigenvalue weighted by Crippen LogP contribution is -2.66. The van der Waals surface area contributed by atoms with Crippen LogP contribution in [0.15, 0.2) is 24.4 Å². The van der Waals surface area contributed by atoms with E-state index in [1.165, 1.54) is 6.20 Å². The van der Waals surface area contributed by atoms with E-state index in [0.717, 1.165) is 23.2 Å². The summed E-state index contributed by atoms with van der Waals surface area (Å²) in [5.74, 6) is -2.83. The lowest BCUT2D eigenvalue weighted by molar-refractivity contribution is -0.119. The van der Waals surface area contributed by atoms with Gasteiger partial charge in [-0.25, -0.2) is 13.8 Å². The van der Waals surface area contributed by atoms with Gasteiger partial charge in [-0.15, -0.1) is 0 Å². The predicted octanol–water partition coefficient (Wildman–Crippen LogP) is 3.08. The molecule has 0 saturated heterocycles. The second-order valence-corrected chi connectivity index (χ2v) is 9.87. The molecule has 1 aromatic heterocycles. The van der Waals surface area contributed by atoms with Gasteiger partial charge in [0.2, 0.25) is 5.82 Å². The maximum absolute atomic E-state index is 14.9. The van der Waals surface area contributed by atoms with Crippen LogP contribution in [-0.2, 0) is 17.8 Å². The predicted molar refractivity (Wildman–Crippen MR) is 127 cm³/mol. The molecule has 34 heavy (non-hydrogen) atoms. The van der Waals surface area contributed by atoms with Crippen molar-refractivity contribution in [3.63, 3.8) is 0 Å². The molecule has 3 N–H and O–H groups in total. The van der Waals surface area contributed by atoms with Crippen molar-refractivity contribution in [1.82, 2.24) is 19.4 Å². The molecule has 1 fully saturated rings. The van der Waals surface area contributed by atoms with Crippen molar-refractivity contribution in [3.8, 4) is 0 Å². The van der Waals surface area contributed by atoms with Crippen LogP contribution in [0, 0.1) is 0 Å². The third kappa shape index (κ3) is 4.62. The van der Waals surface area contributed by atoms with Crippen LogP contribution in [0.5, 0.6) is 0 Å². The van der Waals surface area contributed by atoms with Gasteiger partial charge in [-0.2, -0.15) is 4.98 Å². The quantitative estimate of drug-likeness (QED) is 0.624. The van der Waals surface area contributed by atoms with Gasteiger partial charge in [-0.3, -0.25) is 14.2 Å². The van der Waals surface area contributed by atoms with Gasteiger partial charge in [0.25, 0.3) is 11.8 Å². The van der Waals surface area contributed by atoms with E-state index in [1.807, 2.05) is 32.3 Å². The summed E-state index contributed by atoms with van der Waals surface area (Å²) in [6, 6.07) is 4.50. The summed E-state index contributed by atoms with van der Waals surface area (Å²) >= 11 is 0. The number of aromatic nitrogens is 2. The number of primary amides is 1. The van der Waals surface area contributed by atoms with E-state index in [4.69, 9.17) is 15.5 Å². The van der Waals surface area contributed by atoms with Gasteiger partial charge >= 0.3 is 0 Å². The van der Waals surface area contributed by atoms with Crippen molar-refractivity contribution in [3.05, 3.63) is 41.2 Å². The number of ether oxygens (including phenoxy) is 1. The van der Waals surface area contributed by atoms with Crippen LogP contribution in [0.1, 0.15) is 40.9 Å². The minimum Gasteiger partial charge on any atom is -0.376 e. The van der Waals surface area contributed by atoms with Crippen LogP contribution in [0.25, 0.3) is 0 Å². The normalized spacial score (nSPS) is 22.3. The lowest BCUT2D eigenvalue weighted by Gasteiger charge is -2.48. The number of likely N-dealkylation sites (N-methyl/N-ethyl adjacent to an activating group) is 2. The van der Waals surface area contributed by atoms with Crippen LogP contribution >= 0.6 is 0 Å². The maximum Gasteiger partial charge on any atom is 0.271 e. The van der Waals surface area contributed by atoms with Gasteiger partial charge in [0.05, 0.1) is 27.3 Å². The average molecular weight is 476 g/mol. The number of carbonyl (C=O) groups is 1. The second-order valence-electron chi connectivity index (χ2n) is 9.87. The average Bonchev–Trinajstić information content (AvgIpc) is 2.77. The summed E-state index contributed by atoms with van der Waals surface area (Å²) < 4.78 is 35.4. The molecule has 4 rings (SSSR count). The number of benzene rings is 1. The molecule has 1 aromatic carbocycles. The molecule has 1 aliphatic heterocycles. The summed E-state index contributed by atoms with van der Waals surface area (Å²) in [6.07, 6.45) is 3.19. The molecule has 8 nitrogen and oxygen atoms in total. The second kappa shape index (κ2) is 9.16. The van der Waals surface area contributed by atoms with E-state index < -0.39 is 23.9 Å². The minimum absolute atomic E-state index is 0.00272. The molecule has 1 saturated carbocycles. The van der Waals surface area contributed by atoms with Crippen LogP contribution < -0.4 is 15.5 Å². The number of nitrogens with one attached hydrogen (secondary N) is 1. The number of nitrogens with two attached hydrogens (primary N) is 1. The van der Waals surface area contributed by atoms with E-state index in [-0.39, 0.29) is 22.4 Å². The Morgan fingerprint density at radius 2 is 2.06 bits per heavy atom.